The maximum absolute atomic E-state index is 10.5. The molecule has 1 aromatic heterocycles. The van der Waals surface area contributed by atoms with Crippen molar-refractivity contribution in [3.05, 3.63) is 76.4 Å². The van der Waals surface area contributed by atoms with Gasteiger partial charge < -0.3 is 5.11 Å². The van der Waals surface area contributed by atoms with E-state index in [1.807, 2.05) is 54.6 Å². The first-order chi connectivity index (χ1) is 9.75. The van der Waals surface area contributed by atoms with E-state index in [1.54, 1.807) is 6.20 Å². The highest BCUT2D eigenvalue weighted by Crippen LogP contribution is 2.30. The average molecular weight is 328 g/mol. The molecule has 1 heterocycles. The summed E-state index contributed by atoms with van der Waals surface area (Å²) in [6.07, 6.45) is 1.80. The topological polar surface area (TPSA) is 33.1 Å². The summed E-state index contributed by atoms with van der Waals surface area (Å²) in [4.78, 5) is 4.41. The molecule has 0 aliphatic carbocycles. The number of pyridine rings is 1. The molecule has 2 nitrogen and oxygen atoms in total. The molecular weight excluding hydrogens is 314 g/mol. The number of halogens is 1. The van der Waals surface area contributed by atoms with Crippen LogP contribution in [0.4, 0.5) is 0 Å². The molecule has 0 saturated heterocycles. The van der Waals surface area contributed by atoms with Gasteiger partial charge in [-0.25, -0.2) is 0 Å². The predicted molar refractivity (Wildman–Crippen MR) is 84.5 cm³/mol. The van der Waals surface area contributed by atoms with Crippen molar-refractivity contribution in [1.82, 2.24) is 4.98 Å². The summed E-state index contributed by atoms with van der Waals surface area (Å²) in [6.45, 7) is 0. The van der Waals surface area contributed by atoms with Gasteiger partial charge in [0.1, 0.15) is 0 Å². The number of hydrogen-bond donors (Lipinski definition) is 1. The Morgan fingerprint density at radius 1 is 1.00 bits per heavy atom. The first kappa shape index (κ1) is 13.3. The Hall–Kier alpha value is -1.71. The van der Waals surface area contributed by atoms with E-state index in [0.717, 1.165) is 26.5 Å². The minimum Gasteiger partial charge on any atom is -0.388 e. The van der Waals surface area contributed by atoms with Gasteiger partial charge in [-0.2, -0.15) is 0 Å². The van der Waals surface area contributed by atoms with Crippen LogP contribution < -0.4 is 0 Å². The van der Waals surface area contributed by atoms with E-state index in [4.69, 9.17) is 0 Å². The molecule has 3 aromatic rings. The quantitative estimate of drug-likeness (QED) is 0.779. The van der Waals surface area contributed by atoms with E-state index >= 15 is 0 Å². The minimum atomic E-state index is -0.553. The molecule has 0 amide bonds. The van der Waals surface area contributed by atoms with Crippen LogP contribution in [0.2, 0.25) is 0 Å². The van der Waals surface area contributed by atoms with Crippen molar-refractivity contribution in [3.8, 4) is 0 Å². The van der Waals surface area contributed by atoms with Crippen LogP contribution in [-0.2, 0) is 6.42 Å². The summed E-state index contributed by atoms with van der Waals surface area (Å²) < 4.78 is 0.997. The molecule has 0 spiro atoms. The largest absolute Gasteiger partial charge is 0.388 e. The fourth-order valence-electron chi connectivity index (χ4n) is 2.38. The molecule has 1 atom stereocenters. The van der Waals surface area contributed by atoms with E-state index in [2.05, 4.69) is 20.9 Å². The van der Waals surface area contributed by atoms with Crippen molar-refractivity contribution in [1.29, 1.82) is 0 Å². The van der Waals surface area contributed by atoms with Crippen molar-refractivity contribution in [2.24, 2.45) is 0 Å². The molecule has 0 aliphatic rings. The van der Waals surface area contributed by atoms with Crippen molar-refractivity contribution >= 4 is 26.8 Å². The Labute approximate surface area is 126 Å². The van der Waals surface area contributed by atoms with Gasteiger partial charge in [-0.05, 0) is 17.7 Å². The number of aliphatic hydroxyl groups excluding tert-OH is 1. The van der Waals surface area contributed by atoms with Crippen LogP contribution in [0.1, 0.15) is 17.2 Å². The summed E-state index contributed by atoms with van der Waals surface area (Å²) >= 11 is 3.53. The van der Waals surface area contributed by atoms with Crippen LogP contribution in [0, 0.1) is 0 Å². The van der Waals surface area contributed by atoms with Gasteiger partial charge in [0.2, 0.25) is 0 Å². The molecular formula is C17H14BrNO. The second-order valence-electron chi connectivity index (χ2n) is 4.74. The number of nitrogens with zero attached hydrogens (tertiary/aromatic N) is 1. The van der Waals surface area contributed by atoms with E-state index in [9.17, 15) is 5.11 Å². The highest BCUT2D eigenvalue weighted by atomic mass is 79.9. The summed E-state index contributed by atoms with van der Waals surface area (Å²) in [5.74, 6) is 0. The number of benzene rings is 2. The molecule has 1 unspecified atom stereocenters. The van der Waals surface area contributed by atoms with Crippen molar-refractivity contribution < 1.29 is 5.11 Å². The second kappa shape index (κ2) is 5.73. The number of aliphatic hydroxyl groups is 1. The zero-order valence-corrected chi connectivity index (χ0v) is 12.4. The van der Waals surface area contributed by atoms with E-state index in [-0.39, 0.29) is 0 Å². The van der Waals surface area contributed by atoms with Crippen molar-refractivity contribution in [2.45, 2.75) is 12.5 Å². The van der Waals surface area contributed by atoms with E-state index in [1.165, 1.54) is 0 Å². The summed E-state index contributed by atoms with van der Waals surface area (Å²) in [6, 6.07) is 17.8. The Morgan fingerprint density at radius 3 is 2.60 bits per heavy atom. The van der Waals surface area contributed by atoms with Gasteiger partial charge in [0.15, 0.2) is 0 Å². The lowest BCUT2D eigenvalue weighted by Crippen LogP contribution is -2.03. The molecule has 100 valence electrons. The van der Waals surface area contributed by atoms with Crippen LogP contribution in [-0.4, -0.2) is 10.1 Å². The van der Waals surface area contributed by atoms with Crippen LogP contribution in [0.15, 0.2) is 65.3 Å². The maximum Gasteiger partial charge on any atom is 0.0851 e. The fraction of sp³-hybridized carbons (Fsp3) is 0.118. The third kappa shape index (κ3) is 2.60. The summed E-state index contributed by atoms with van der Waals surface area (Å²) in [5, 5.41) is 11.5. The third-order valence-corrected chi connectivity index (χ3v) is 4.07. The van der Waals surface area contributed by atoms with E-state index < -0.39 is 6.10 Å². The predicted octanol–water partition coefficient (Wildman–Crippen LogP) is 4.27. The number of fused-ring (bicyclic) bond motifs is 1. The Kier molecular flexibility index (Phi) is 3.81. The zero-order chi connectivity index (χ0) is 13.9. The molecule has 20 heavy (non-hydrogen) atoms. The first-order valence-corrected chi connectivity index (χ1v) is 7.30. The number of aromatic nitrogens is 1. The van der Waals surface area contributed by atoms with Crippen molar-refractivity contribution in [2.75, 3.05) is 0 Å². The Bertz CT molecular complexity index is 727. The lowest BCUT2D eigenvalue weighted by Gasteiger charge is -2.14. The van der Waals surface area contributed by atoms with Crippen LogP contribution in [0.25, 0.3) is 10.9 Å². The molecule has 0 saturated carbocycles. The molecule has 3 rings (SSSR count). The Balaban J connectivity index is 2.00. The van der Waals surface area contributed by atoms with Gasteiger partial charge in [0.25, 0.3) is 0 Å². The monoisotopic (exact) mass is 327 g/mol. The van der Waals surface area contributed by atoms with Crippen LogP contribution >= 0.6 is 15.9 Å². The summed E-state index contributed by atoms with van der Waals surface area (Å²) in [5.41, 5.74) is 2.84. The van der Waals surface area contributed by atoms with Crippen LogP contribution in [0.5, 0.6) is 0 Å². The molecule has 1 N–H and O–H groups in total. The van der Waals surface area contributed by atoms with Crippen LogP contribution in [0.3, 0.4) is 0 Å². The first-order valence-electron chi connectivity index (χ1n) is 6.51. The molecule has 2 aromatic carbocycles. The molecule has 0 bridgehead atoms. The van der Waals surface area contributed by atoms with Gasteiger partial charge in [0, 0.05) is 28.0 Å². The van der Waals surface area contributed by atoms with Gasteiger partial charge >= 0.3 is 0 Å². The molecule has 3 heteroatoms. The summed E-state index contributed by atoms with van der Waals surface area (Å²) in [7, 11) is 0. The standard InChI is InChI=1S/C17H14BrNO/c18-15-9-8-14(17-13(15)7-4-10-19-17)16(20)11-12-5-2-1-3-6-12/h1-10,16,20H,11H2. The average Bonchev–Trinajstić information content (AvgIpc) is 2.49. The minimum absolute atomic E-state index is 0.553. The fourth-order valence-corrected chi connectivity index (χ4v) is 2.83. The number of rotatable bonds is 3. The van der Waals surface area contributed by atoms with Gasteiger partial charge in [-0.15, -0.1) is 0 Å². The van der Waals surface area contributed by atoms with Gasteiger partial charge in [0.05, 0.1) is 11.6 Å². The van der Waals surface area contributed by atoms with Crippen molar-refractivity contribution in [3.63, 3.8) is 0 Å². The smallest absolute Gasteiger partial charge is 0.0851 e. The third-order valence-electron chi connectivity index (χ3n) is 3.38. The normalized spacial score (nSPS) is 12.5. The Morgan fingerprint density at radius 2 is 1.80 bits per heavy atom. The second-order valence-corrected chi connectivity index (χ2v) is 5.60. The molecule has 0 aliphatic heterocycles. The maximum atomic E-state index is 10.5. The lowest BCUT2D eigenvalue weighted by atomic mass is 9.99. The van der Waals surface area contributed by atoms with Gasteiger partial charge in [-0.3, -0.25) is 4.98 Å². The number of hydrogen-bond acceptors (Lipinski definition) is 2. The lowest BCUT2D eigenvalue weighted by molar-refractivity contribution is 0.180. The highest BCUT2D eigenvalue weighted by molar-refractivity contribution is 9.10. The molecule has 0 fully saturated rings. The SMILES string of the molecule is OC(Cc1ccccc1)c1ccc(Br)c2cccnc12. The zero-order valence-electron chi connectivity index (χ0n) is 10.8. The molecule has 0 radical (unpaired) electrons. The highest BCUT2D eigenvalue weighted by Gasteiger charge is 2.14. The van der Waals surface area contributed by atoms with E-state index in [0.29, 0.717) is 6.42 Å². The van der Waals surface area contributed by atoms with Gasteiger partial charge in [-0.1, -0.05) is 58.4 Å².